The molecule has 2 aliphatic heterocycles. The van der Waals surface area contributed by atoms with E-state index in [4.69, 9.17) is 10.5 Å². The third-order valence-electron chi connectivity index (χ3n) is 4.87. The fourth-order valence-electron chi connectivity index (χ4n) is 3.39. The number of amides is 1. The molecule has 0 aromatic carbocycles. The smallest absolute Gasteiger partial charge is 0.268 e. The maximum Gasteiger partial charge on any atom is 0.268 e. The lowest BCUT2D eigenvalue weighted by Crippen LogP contribution is -2.47. The van der Waals surface area contributed by atoms with Crippen LogP contribution in [-0.4, -0.2) is 65.2 Å². The van der Waals surface area contributed by atoms with Crippen LogP contribution in [0.2, 0.25) is 0 Å². The molecule has 1 amide bonds. The Balaban J connectivity index is 1.46. The predicted octanol–water partition coefficient (Wildman–Crippen LogP) is 0.666. The average Bonchev–Trinajstić information content (AvgIpc) is 3.01. The SMILES string of the molecule is N#Cc1ccc(N2CCC(NCC(=O)N3CC(F)(F)C[C@H]3C#N)CC2)nn1. The van der Waals surface area contributed by atoms with Gasteiger partial charge in [0.2, 0.25) is 5.91 Å². The van der Waals surface area contributed by atoms with Crippen LogP contribution in [0, 0.1) is 22.7 Å². The number of anilines is 1. The van der Waals surface area contributed by atoms with Crippen molar-refractivity contribution in [2.75, 3.05) is 31.1 Å². The van der Waals surface area contributed by atoms with Gasteiger partial charge in [-0.2, -0.15) is 10.5 Å². The third kappa shape index (κ3) is 4.47. The highest BCUT2D eigenvalue weighted by atomic mass is 19.3. The molecule has 0 bridgehead atoms. The highest BCUT2D eigenvalue weighted by molar-refractivity contribution is 5.79. The van der Waals surface area contributed by atoms with Gasteiger partial charge in [0.05, 0.1) is 19.2 Å². The Morgan fingerprint density at radius 1 is 1.30 bits per heavy atom. The quantitative estimate of drug-likeness (QED) is 0.824. The summed E-state index contributed by atoms with van der Waals surface area (Å²) in [6, 6.07) is 6.08. The van der Waals surface area contributed by atoms with E-state index in [0.29, 0.717) is 18.9 Å². The molecule has 1 aromatic rings. The van der Waals surface area contributed by atoms with Gasteiger partial charge in [0, 0.05) is 25.6 Å². The number of piperidine rings is 1. The fourth-order valence-corrected chi connectivity index (χ4v) is 3.39. The lowest BCUT2D eigenvalue weighted by atomic mass is 10.1. The summed E-state index contributed by atoms with van der Waals surface area (Å²) in [7, 11) is 0. The summed E-state index contributed by atoms with van der Waals surface area (Å²) in [5, 5.41) is 28.7. The first-order valence-corrected chi connectivity index (χ1v) is 8.71. The molecular weight excluding hydrogens is 356 g/mol. The monoisotopic (exact) mass is 375 g/mol. The van der Waals surface area contributed by atoms with E-state index in [1.165, 1.54) is 0 Å². The zero-order chi connectivity index (χ0) is 19.4. The number of hydrogen-bond donors (Lipinski definition) is 1. The molecular formula is C17H19F2N7O. The maximum atomic E-state index is 13.4. The van der Waals surface area contributed by atoms with Crippen LogP contribution in [0.5, 0.6) is 0 Å². The third-order valence-corrected chi connectivity index (χ3v) is 4.87. The Kier molecular flexibility index (Phi) is 5.47. The van der Waals surface area contributed by atoms with Crippen molar-refractivity contribution in [1.82, 2.24) is 20.4 Å². The molecule has 2 fully saturated rings. The number of carbonyl (C=O) groups excluding carboxylic acids is 1. The summed E-state index contributed by atoms with van der Waals surface area (Å²) in [6.07, 6.45) is 0.916. The minimum Gasteiger partial charge on any atom is -0.355 e. The molecule has 1 aromatic heterocycles. The van der Waals surface area contributed by atoms with E-state index in [1.54, 1.807) is 18.2 Å². The van der Waals surface area contributed by atoms with Crippen LogP contribution in [-0.2, 0) is 4.79 Å². The van der Waals surface area contributed by atoms with Crippen LogP contribution in [0.3, 0.4) is 0 Å². The molecule has 27 heavy (non-hydrogen) atoms. The number of likely N-dealkylation sites (tertiary alicyclic amines) is 1. The number of nitriles is 2. The van der Waals surface area contributed by atoms with Crippen LogP contribution in [0.4, 0.5) is 14.6 Å². The van der Waals surface area contributed by atoms with E-state index < -0.39 is 30.8 Å². The normalized spacial score (nSPS) is 22.3. The van der Waals surface area contributed by atoms with E-state index in [0.717, 1.165) is 17.7 Å². The van der Waals surface area contributed by atoms with E-state index in [9.17, 15) is 13.6 Å². The van der Waals surface area contributed by atoms with Crippen molar-refractivity contribution in [3.8, 4) is 12.1 Å². The molecule has 0 saturated carbocycles. The van der Waals surface area contributed by atoms with Gasteiger partial charge in [0.25, 0.3) is 5.92 Å². The molecule has 1 N–H and O–H groups in total. The molecule has 8 nitrogen and oxygen atoms in total. The Morgan fingerprint density at radius 3 is 2.63 bits per heavy atom. The first-order valence-electron chi connectivity index (χ1n) is 8.71. The van der Waals surface area contributed by atoms with Crippen molar-refractivity contribution in [2.24, 2.45) is 0 Å². The van der Waals surface area contributed by atoms with Crippen LogP contribution < -0.4 is 10.2 Å². The molecule has 0 unspecified atom stereocenters. The Bertz CT molecular complexity index is 763. The Morgan fingerprint density at radius 2 is 2.04 bits per heavy atom. The second-order valence-electron chi connectivity index (χ2n) is 6.76. The van der Waals surface area contributed by atoms with Crippen molar-refractivity contribution < 1.29 is 13.6 Å². The van der Waals surface area contributed by atoms with Crippen LogP contribution in [0.25, 0.3) is 0 Å². The predicted molar refractivity (Wildman–Crippen MR) is 90.7 cm³/mol. The average molecular weight is 375 g/mol. The van der Waals surface area contributed by atoms with Gasteiger partial charge in [-0.05, 0) is 25.0 Å². The molecule has 3 rings (SSSR count). The second-order valence-corrected chi connectivity index (χ2v) is 6.76. The van der Waals surface area contributed by atoms with Crippen LogP contribution in [0.1, 0.15) is 25.0 Å². The minimum absolute atomic E-state index is 0.0599. The number of rotatable bonds is 4. The van der Waals surface area contributed by atoms with Gasteiger partial charge in [-0.1, -0.05) is 0 Å². The Hall–Kier alpha value is -2.85. The van der Waals surface area contributed by atoms with Gasteiger partial charge in [-0.25, -0.2) is 8.78 Å². The van der Waals surface area contributed by atoms with E-state index in [2.05, 4.69) is 15.5 Å². The standard InChI is InChI=1S/C17H19F2N7O/c18-17(19)7-14(9-21)26(11-17)16(27)10-22-12-3-5-25(6-4-12)15-2-1-13(8-20)23-24-15/h1-2,12,14,22H,3-7,10-11H2/t14-/m0/s1. The summed E-state index contributed by atoms with van der Waals surface area (Å²) in [4.78, 5) is 15.2. The topological polar surface area (TPSA) is 109 Å². The van der Waals surface area contributed by atoms with Gasteiger partial charge in [0.1, 0.15) is 12.1 Å². The van der Waals surface area contributed by atoms with E-state index >= 15 is 0 Å². The first-order chi connectivity index (χ1) is 12.9. The van der Waals surface area contributed by atoms with Crippen LogP contribution >= 0.6 is 0 Å². The van der Waals surface area contributed by atoms with Crippen LogP contribution in [0.15, 0.2) is 12.1 Å². The lowest BCUT2D eigenvalue weighted by Gasteiger charge is -2.33. The van der Waals surface area contributed by atoms with Crippen molar-refractivity contribution in [3.05, 3.63) is 17.8 Å². The molecule has 0 aliphatic carbocycles. The molecule has 1 atom stereocenters. The minimum atomic E-state index is -3.00. The molecule has 2 saturated heterocycles. The van der Waals surface area contributed by atoms with Gasteiger partial charge >= 0.3 is 0 Å². The number of halogens is 2. The zero-order valence-electron chi connectivity index (χ0n) is 14.6. The highest BCUT2D eigenvalue weighted by Gasteiger charge is 2.47. The second kappa shape index (κ2) is 7.80. The summed E-state index contributed by atoms with van der Waals surface area (Å²) in [5.41, 5.74) is 0.261. The summed E-state index contributed by atoms with van der Waals surface area (Å²) in [5.74, 6) is -2.78. The zero-order valence-corrected chi connectivity index (χ0v) is 14.6. The largest absolute Gasteiger partial charge is 0.355 e. The number of nitrogens with one attached hydrogen (secondary N) is 1. The van der Waals surface area contributed by atoms with Crippen molar-refractivity contribution >= 4 is 11.7 Å². The number of carbonyl (C=O) groups is 1. The molecule has 0 spiro atoms. The summed E-state index contributed by atoms with van der Waals surface area (Å²) in [6.45, 7) is 0.654. The van der Waals surface area contributed by atoms with Crippen molar-refractivity contribution in [2.45, 2.75) is 37.3 Å². The number of aromatic nitrogens is 2. The first kappa shape index (κ1) is 18.9. The molecule has 2 aliphatic rings. The van der Waals surface area contributed by atoms with Gasteiger partial charge in [-0.15, -0.1) is 10.2 Å². The summed E-state index contributed by atoms with van der Waals surface area (Å²) >= 11 is 0. The van der Waals surface area contributed by atoms with Crippen molar-refractivity contribution in [3.63, 3.8) is 0 Å². The number of alkyl halides is 2. The van der Waals surface area contributed by atoms with E-state index in [-0.39, 0.29) is 18.3 Å². The van der Waals surface area contributed by atoms with Gasteiger partial charge in [0.15, 0.2) is 11.5 Å². The number of hydrogen-bond acceptors (Lipinski definition) is 7. The molecule has 10 heteroatoms. The summed E-state index contributed by atoms with van der Waals surface area (Å²) < 4.78 is 26.9. The lowest BCUT2D eigenvalue weighted by molar-refractivity contribution is -0.131. The van der Waals surface area contributed by atoms with Gasteiger partial charge < -0.3 is 15.1 Å². The molecule has 3 heterocycles. The Labute approximate surface area is 155 Å². The highest BCUT2D eigenvalue weighted by Crippen LogP contribution is 2.31. The van der Waals surface area contributed by atoms with E-state index in [1.807, 2.05) is 11.0 Å². The molecule has 0 radical (unpaired) electrons. The van der Waals surface area contributed by atoms with Crippen molar-refractivity contribution in [1.29, 1.82) is 10.5 Å². The molecule has 142 valence electrons. The van der Waals surface area contributed by atoms with Gasteiger partial charge in [-0.3, -0.25) is 4.79 Å². The maximum absolute atomic E-state index is 13.4. The number of nitrogens with zero attached hydrogens (tertiary/aromatic N) is 6. The fraction of sp³-hybridized carbons (Fsp3) is 0.588.